The molecule has 3 N–H and O–H groups in total. The lowest BCUT2D eigenvalue weighted by Crippen LogP contribution is -2.46. The number of hydrogen-bond donors (Lipinski definition) is 3. The van der Waals surface area contributed by atoms with E-state index in [1.165, 1.54) is 42.4 Å². The predicted molar refractivity (Wildman–Crippen MR) is 172 cm³/mol. The predicted octanol–water partition coefficient (Wildman–Crippen LogP) is 5.20. The summed E-state index contributed by atoms with van der Waals surface area (Å²) in [6.45, 7) is 10.5. The van der Waals surface area contributed by atoms with Crippen LogP contribution in [0.15, 0.2) is 49.3 Å². The number of phenolic OH excluding ortho intramolecular Hbond substituents is 1. The zero-order chi connectivity index (χ0) is 31.3. The van der Waals surface area contributed by atoms with Gasteiger partial charge in [-0.15, -0.1) is 0 Å². The number of likely N-dealkylation sites (N-methyl/N-ethyl adjacent to an activating group) is 2. The second-order valence-corrected chi connectivity index (χ2v) is 10.5. The van der Waals surface area contributed by atoms with Crippen LogP contribution in [-0.2, 0) is 4.79 Å². The van der Waals surface area contributed by atoms with Crippen LogP contribution in [0.3, 0.4) is 0 Å². The molecule has 0 radical (unpaired) electrons. The molecule has 0 spiro atoms. The average Bonchev–Trinajstić information content (AvgIpc) is 3.03. The Labute approximate surface area is 260 Å². The summed E-state index contributed by atoms with van der Waals surface area (Å²) in [5.41, 5.74) is 2.24. The van der Waals surface area contributed by atoms with Crippen molar-refractivity contribution in [2.24, 2.45) is 0 Å². The summed E-state index contributed by atoms with van der Waals surface area (Å²) < 4.78 is 5.14. The minimum atomic E-state index is -0.634. The number of piperazine rings is 1. The van der Waals surface area contributed by atoms with Crippen molar-refractivity contribution in [3.63, 3.8) is 0 Å². The van der Waals surface area contributed by atoms with Gasteiger partial charge in [0.2, 0.25) is 5.91 Å². The van der Waals surface area contributed by atoms with Crippen LogP contribution in [0.4, 0.5) is 39.2 Å². The summed E-state index contributed by atoms with van der Waals surface area (Å²) in [6, 6.07) is 8.04. The number of methoxy groups -OCH3 is 1. The lowest BCUT2D eigenvalue weighted by molar-refractivity contribution is -0.113. The Kier molecular flexibility index (Phi) is 10.2. The van der Waals surface area contributed by atoms with Gasteiger partial charge in [-0.25, -0.2) is 14.8 Å². The van der Waals surface area contributed by atoms with Gasteiger partial charge in [-0.2, -0.15) is 0 Å². The number of amides is 3. The van der Waals surface area contributed by atoms with Crippen molar-refractivity contribution < 1.29 is 19.4 Å². The first-order chi connectivity index (χ1) is 20.6. The van der Waals surface area contributed by atoms with Gasteiger partial charge in [0.15, 0.2) is 0 Å². The number of phenols is 1. The number of urea groups is 1. The van der Waals surface area contributed by atoms with Gasteiger partial charge in [-0.3, -0.25) is 9.69 Å². The van der Waals surface area contributed by atoms with Crippen molar-refractivity contribution in [2.45, 2.75) is 6.92 Å². The van der Waals surface area contributed by atoms with Crippen LogP contribution in [0.2, 0.25) is 10.0 Å². The number of carbonyl (C=O) groups excluding carboxylic acids is 2. The number of aromatic hydroxyl groups is 1. The molecule has 1 fully saturated rings. The summed E-state index contributed by atoms with van der Waals surface area (Å²) in [4.78, 5) is 41.7. The van der Waals surface area contributed by atoms with Crippen molar-refractivity contribution in [1.29, 1.82) is 0 Å². The van der Waals surface area contributed by atoms with Gasteiger partial charge in [-0.05, 0) is 30.8 Å². The number of anilines is 6. The van der Waals surface area contributed by atoms with E-state index in [9.17, 15) is 14.7 Å². The number of carbonyl (C=O) groups is 2. The fourth-order valence-corrected chi connectivity index (χ4v) is 5.08. The van der Waals surface area contributed by atoms with Crippen molar-refractivity contribution in [3.8, 4) is 11.5 Å². The molecule has 43 heavy (non-hydrogen) atoms. The van der Waals surface area contributed by atoms with E-state index in [2.05, 4.69) is 43.9 Å². The molecule has 1 aliphatic rings. The monoisotopic (exact) mass is 628 g/mol. The van der Waals surface area contributed by atoms with E-state index in [1.54, 1.807) is 13.1 Å². The molecule has 2 aromatic carbocycles. The molecular weight excluding hydrogens is 595 g/mol. The fourth-order valence-electron chi connectivity index (χ4n) is 4.57. The average molecular weight is 630 g/mol. The maximum Gasteiger partial charge on any atom is 0.327 e. The number of nitrogens with zero attached hydrogens (tertiary/aromatic N) is 6. The van der Waals surface area contributed by atoms with Crippen LogP contribution >= 0.6 is 23.2 Å². The Bertz CT molecular complexity index is 1510. The molecule has 14 heteroatoms. The van der Waals surface area contributed by atoms with Crippen molar-refractivity contribution in [3.05, 3.63) is 59.4 Å². The molecule has 2 heterocycles. The molecule has 0 saturated carbocycles. The minimum absolute atomic E-state index is 0.0137. The minimum Gasteiger partial charge on any atom is -0.506 e. The number of nitrogens with one attached hydrogen (secondary N) is 2. The zero-order valence-electron chi connectivity index (χ0n) is 24.4. The van der Waals surface area contributed by atoms with Crippen molar-refractivity contribution in [1.82, 2.24) is 14.9 Å². The number of halogens is 2. The van der Waals surface area contributed by atoms with Gasteiger partial charge >= 0.3 is 6.03 Å². The maximum atomic E-state index is 13.1. The van der Waals surface area contributed by atoms with E-state index < -0.39 is 6.03 Å². The first-order valence-electron chi connectivity index (χ1n) is 13.5. The SMILES string of the molecule is C=CC(=O)N(C)c1cc(N2CCN(CC)CC2)ccc1Nc1cc(N(C)C(=O)Nc2c(Cl)c(O)cc(OC)c2Cl)ncn1. The molecule has 1 aliphatic heterocycles. The Morgan fingerprint density at radius 2 is 1.81 bits per heavy atom. The van der Waals surface area contributed by atoms with Crippen LogP contribution in [0.25, 0.3) is 0 Å². The molecule has 3 amide bonds. The third-order valence-corrected chi connectivity index (χ3v) is 7.95. The fraction of sp³-hybridized carbons (Fsp3) is 0.310. The first kappa shape index (κ1) is 31.7. The van der Waals surface area contributed by atoms with Crippen LogP contribution in [0, 0.1) is 0 Å². The lowest BCUT2D eigenvalue weighted by Gasteiger charge is -2.36. The summed E-state index contributed by atoms with van der Waals surface area (Å²) in [5.74, 6) is 0.192. The topological polar surface area (TPSA) is 126 Å². The van der Waals surface area contributed by atoms with E-state index in [0.717, 1.165) is 38.4 Å². The molecule has 0 unspecified atom stereocenters. The van der Waals surface area contributed by atoms with E-state index >= 15 is 0 Å². The summed E-state index contributed by atoms with van der Waals surface area (Å²) >= 11 is 12.5. The van der Waals surface area contributed by atoms with E-state index in [4.69, 9.17) is 27.9 Å². The zero-order valence-corrected chi connectivity index (χ0v) is 25.9. The quantitative estimate of drug-likeness (QED) is 0.274. The van der Waals surface area contributed by atoms with Crippen LogP contribution < -0.4 is 30.1 Å². The number of hydrogen-bond acceptors (Lipinski definition) is 9. The number of benzene rings is 2. The highest BCUT2D eigenvalue weighted by molar-refractivity contribution is 6.41. The van der Waals surface area contributed by atoms with Gasteiger partial charge in [-0.1, -0.05) is 36.7 Å². The first-order valence-corrected chi connectivity index (χ1v) is 14.2. The van der Waals surface area contributed by atoms with Crippen LogP contribution in [0.1, 0.15) is 6.92 Å². The number of aromatic nitrogens is 2. The molecule has 1 aromatic heterocycles. The largest absolute Gasteiger partial charge is 0.506 e. The summed E-state index contributed by atoms with van der Waals surface area (Å²) in [5, 5.41) is 15.8. The van der Waals surface area contributed by atoms with Gasteiger partial charge in [0.1, 0.15) is 39.5 Å². The Morgan fingerprint density at radius 1 is 1.09 bits per heavy atom. The van der Waals surface area contributed by atoms with E-state index in [1.807, 2.05) is 18.2 Å². The lowest BCUT2D eigenvalue weighted by atomic mass is 10.1. The standard InChI is InChI=1S/C29H34Cl2N8O4/c1-6-25(41)36(3)20-14-18(39-12-10-38(7-2)11-13-39)8-9-19(20)34-23-16-24(33-17-32-23)37(4)29(42)35-28-26(30)21(40)15-22(43-5)27(28)31/h6,8-9,14-17,40H,1,7,10-13H2,2-5H3,(H,35,42)(H,32,33,34). The highest BCUT2D eigenvalue weighted by Crippen LogP contribution is 2.43. The molecule has 0 atom stereocenters. The van der Waals surface area contributed by atoms with E-state index in [-0.39, 0.29) is 39.0 Å². The Hall–Kier alpha value is -4.26. The molecular formula is C29H34Cl2N8O4. The highest BCUT2D eigenvalue weighted by atomic mass is 35.5. The molecule has 0 aliphatic carbocycles. The molecule has 4 rings (SSSR count). The van der Waals surface area contributed by atoms with Crippen molar-refractivity contribution in [2.75, 3.05) is 79.3 Å². The third-order valence-electron chi connectivity index (χ3n) is 7.20. The van der Waals surface area contributed by atoms with Gasteiger partial charge in [0, 0.05) is 58.1 Å². The Morgan fingerprint density at radius 3 is 2.47 bits per heavy atom. The van der Waals surface area contributed by atoms with E-state index in [0.29, 0.717) is 17.2 Å². The second-order valence-electron chi connectivity index (χ2n) is 9.70. The second kappa shape index (κ2) is 13.8. The number of ether oxygens (including phenoxy) is 1. The molecule has 12 nitrogen and oxygen atoms in total. The smallest absolute Gasteiger partial charge is 0.327 e. The molecule has 228 valence electrons. The molecule has 1 saturated heterocycles. The van der Waals surface area contributed by atoms with Gasteiger partial charge < -0.3 is 35.2 Å². The van der Waals surface area contributed by atoms with Gasteiger partial charge in [0.05, 0.1) is 24.2 Å². The molecule has 0 bridgehead atoms. The summed E-state index contributed by atoms with van der Waals surface area (Å²) in [6.07, 6.45) is 2.56. The van der Waals surface area contributed by atoms with Gasteiger partial charge in [0.25, 0.3) is 0 Å². The third kappa shape index (κ3) is 7.04. The van der Waals surface area contributed by atoms with Crippen LogP contribution in [0.5, 0.6) is 11.5 Å². The van der Waals surface area contributed by atoms with Crippen molar-refractivity contribution >= 4 is 69.5 Å². The maximum absolute atomic E-state index is 13.1. The number of rotatable bonds is 9. The normalized spacial score (nSPS) is 13.3. The van der Waals surface area contributed by atoms with Crippen LogP contribution in [-0.4, -0.2) is 85.8 Å². The highest BCUT2D eigenvalue weighted by Gasteiger charge is 2.22. The molecule has 3 aromatic rings. The Balaban J connectivity index is 1.58. The summed E-state index contributed by atoms with van der Waals surface area (Å²) in [7, 11) is 4.55.